The van der Waals surface area contributed by atoms with E-state index in [1.807, 2.05) is 0 Å². The van der Waals surface area contributed by atoms with Crippen LogP contribution >= 0.6 is 7.26 Å². The van der Waals surface area contributed by atoms with Crippen LogP contribution in [0, 0.1) is 0 Å². The van der Waals surface area contributed by atoms with Gasteiger partial charge in [-0.2, -0.15) is 0 Å². The first kappa shape index (κ1) is 13.5. The molecule has 0 bridgehead atoms. The van der Waals surface area contributed by atoms with Crippen LogP contribution in [0.3, 0.4) is 0 Å². The van der Waals surface area contributed by atoms with E-state index in [-0.39, 0.29) is 0 Å². The molecule has 0 aromatic heterocycles. The Balaban J connectivity index is 1.99. The highest BCUT2D eigenvalue weighted by atomic mass is 31.2. The van der Waals surface area contributed by atoms with Gasteiger partial charge in [-0.15, -0.1) is 0 Å². The third kappa shape index (κ3) is 1.95. The average molecular weight is 301 g/mol. The first-order chi connectivity index (χ1) is 10.8. The Hall–Kier alpha value is -2.17. The molecule has 0 nitrogen and oxygen atoms in total. The van der Waals surface area contributed by atoms with Crippen LogP contribution in [0.25, 0.3) is 11.4 Å². The summed E-state index contributed by atoms with van der Waals surface area (Å²) in [6, 6.07) is 30.7. The molecular formula is C21H18P+. The average Bonchev–Trinajstić information content (AvgIpc) is 2.91. The van der Waals surface area contributed by atoms with Crippen LogP contribution in [0.2, 0.25) is 0 Å². The molecule has 0 radical (unpaired) electrons. The molecule has 3 aromatic rings. The SMILES string of the molecule is C[P+]1(c2ccccc2)C(c2ccccc2)=Cc2ccccc21. The molecule has 22 heavy (non-hydrogen) atoms. The summed E-state index contributed by atoms with van der Waals surface area (Å²) in [5.74, 6) is 0. The first-order valence-corrected chi connectivity index (χ1v) is 9.83. The normalized spacial score (nSPS) is 19.6. The van der Waals surface area contributed by atoms with E-state index in [4.69, 9.17) is 0 Å². The lowest BCUT2D eigenvalue weighted by atomic mass is 10.1. The molecule has 1 heterocycles. The van der Waals surface area contributed by atoms with E-state index in [0.29, 0.717) is 0 Å². The molecule has 0 amide bonds. The topological polar surface area (TPSA) is 0 Å². The Morgan fingerprint density at radius 1 is 0.636 bits per heavy atom. The zero-order chi connectivity index (χ0) is 15.0. The maximum Gasteiger partial charge on any atom is 0.112 e. The molecule has 0 fully saturated rings. The zero-order valence-electron chi connectivity index (χ0n) is 12.6. The molecule has 4 rings (SSSR count). The standard InChI is InChI=1S/C21H18P/c1-22(19-13-6-3-7-14-19)20-15-9-8-12-18(20)16-21(22)17-10-4-2-5-11-17/h2-16H,1H3/q+1. The quantitative estimate of drug-likeness (QED) is 0.597. The fourth-order valence-electron chi connectivity index (χ4n) is 3.38. The van der Waals surface area contributed by atoms with Crippen molar-refractivity contribution in [1.82, 2.24) is 0 Å². The monoisotopic (exact) mass is 301 g/mol. The summed E-state index contributed by atoms with van der Waals surface area (Å²) in [7, 11) is -1.53. The molecule has 1 atom stereocenters. The van der Waals surface area contributed by atoms with Crippen LogP contribution in [0.15, 0.2) is 84.9 Å². The maximum absolute atomic E-state index is 2.45. The van der Waals surface area contributed by atoms with Gasteiger partial charge in [-0.1, -0.05) is 66.7 Å². The number of benzene rings is 3. The number of rotatable bonds is 2. The summed E-state index contributed by atoms with van der Waals surface area (Å²) >= 11 is 0. The van der Waals surface area contributed by atoms with Crippen molar-refractivity contribution in [3.63, 3.8) is 0 Å². The minimum Gasteiger partial charge on any atom is -0.0622 e. The molecule has 106 valence electrons. The Kier molecular flexibility index (Phi) is 3.21. The predicted octanol–water partition coefficient (Wildman–Crippen LogP) is 4.80. The molecule has 0 saturated heterocycles. The van der Waals surface area contributed by atoms with E-state index in [0.717, 1.165) is 0 Å². The van der Waals surface area contributed by atoms with E-state index in [1.165, 1.54) is 27.1 Å². The van der Waals surface area contributed by atoms with E-state index < -0.39 is 7.26 Å². The van der Waals surface area contributed by atoms with Crippen molar-refractivity contribution < 1.29 is 0 Å². The Morgan fingerprint density at radius 2 is 1.23 bits per heavy atom. The molecule has 1 unspecified atom stereocenters. The van der Waals surface area contributed by atoms with E-state index >= 15 is 0 Å². The molecule has 1 aliphatic rings. The number of hydrogen-bond acceptors (Lipinski definition) is 0. The third-order valence-electron chi connectivity index (χ3n) is 4.53. The molecular weight excluding hydrogens is 283 g/mol. The summed E-state index contributed by atoms with van der Waals surface area (Å²) in [4.78, 5) is 0. The van der Waals surface area contributed by atoms with E-state index in [1.54, 1.807) is 0 Å². The predicted molar refractivity (Wildman–Crippen MR) is 99.3 cm³/mol. The van der Waals surface area contributed by atoms with Crippen molar-refractivity contribution in [2.45, 2.75) is 0 Å². The highest BCUT2D eigenvalue weighted by molar-refractivity contribution is 7.98. The van der Waals surface area contributed by atoms with Gasteiger partial charge in [-0.3, -0.25) is 0 Å². The van der Waals surface area contributed by atoms with Crippen LogP contribution < -0.4 is 10.6 Å². The summed E-state index contributed by atoms with van der Waals surface area (Å²) in [6.45, 7) is 2.45. The molecule has 3 aromatic carbocycles. The van der Waals surface area contributed by atoms with Gasteiger partial charge in [0.05, 0.1) is 6.66 Å². The van der Waals surface area contributed by atoms with Gasteiger partial charge in [0.1, 0.15) is 23.2 Å². The minimum absolute atomic E-state index is 1.35. The Bertz CT molecular complexity index is 834. The summed E-state index contributed by atoms with van der Waals surface area (Å²) in [5, 5.41) is 4.44. The van der Waals surface area contributed by atoms with Crippen LogP contribution in [0.5, 0.6) is 0 Å². The number of hydrogen-bond donors (Lipinski definition) is 0. The van der Waals surface area contributed by atoms with Gasteiger partial charge in [0, 0.05) is 11.1 Å². The van der Waals surface area contributed by atoms with Gasteiger partial charge in [0.2, 0.25) is 0 Å². The van der Waals surface area contributed by atoms with Gasteiger partial charge in [0.15, 0.2) is 0 Å². The van der Waals surface area contributed by atoms with Crippen molar-refractivity contribution in [2.24, 2.45) is 0 Å². The Labute approximate surface area is 132 Å². The van der Waals surface area contributed by atoms with Crippen LogP contribution in [-0.4, -0.2) is 6.66 Å². The zero-order valence-corrected chi connectivity index (χ0v) is 13.5. The van der Waals surface area contributed by atoms with Crippen LogP contribution in [-0.2, 0) is 0 Å². The van der Waals surface area contributed by atoms with Crippen molar-refractivity contribution in [3.05, 3.63) is 96.1 Å². The first-order valence-electron chi connectivity index (χ1n) is 7.59. The highest BCUT2D eigenvalue weighted by Crippen LogP contribution is 2.68. The highest BCUT2D eigenvalue weighted by Gasteiger charge is 2.47. The van der Waals surface area contributed by atoms with Gasteiger partial charge in [-0.05, 0) is 24.3 Å². The summed E-state index contributed by atoms with van der Waals surface area (Å²) in [5.41, 5.74) is 2.72. The lowest BCUT2D eigenvalue weighted by molar-refractivity contribution is 1.65. The lowest BCUT2D eigenvalue weighted by Gasteiger charge is -2.22. The second-order valence-corrected chi connectivity index (χ2v) is 9.29. The van der Waals surface area contributed by atoms with Crippen molar-refractivity contribution >= 4 is 29.3 Å². The number of fused-ring (bicyclic) bond motifs is 1. The van der Waals surface area contributed by atoms with E-state index in [2.05, 4.69) is 97.7 Å². The molecule has 0 spiro atoms. The van der Waals surface area contributed by atoms with Crippen molar-refractivity contribution in [3.8, 4) is 0 Å². The van der Waals surface area contributed by atoms with Crippen molar-refractivity contribution in [1.29, 1.82) is 0 Å². The van der Waals surface area contributed by atoms with E-state index in [9.17, 15) is 0 Å². The van der Waals surface area contributed by atoms with Gasteiger partial charge >= 0.3 is 0 Å². The molecule has 0 aliphatic carbocycles. The fraction of sp³-hybridized carbons (Fsp3) is 0.0476. The smallest absolute Gasteiger partial charge is 0.0622 e. The van der Waals surface area contributed by atoms with Gasteiger partial charge in [-0.25, -0.2) is 0 Å². The van der Waals surface area contributed by atoms with Gasteiger partial charge in [0.25, 0.3) is 0 Å². The second-order valence-electron chi connectivity index (χ2n) is 5.80. The summed E-state index contributed by atoms with van der Waals surface area (Å²) in [6.07, 6.45) is 2.39. The van der Waals surface area contributed by atoms with Crippen molar-refractivity contribution in [2.75, 3.05) is 6.66 Å². The summed E-state index contributed by atoms with van der Waals surface area (Å²) < 4.78 is 0. The van der Waals surface area contributed by atoms with Crippen LogP contribution in [0.4, 0.5) is 0 Å². The lowest BCUT2D eigenvalue weighted by Crippen LogP contribution is -2.20. The molecule has 0 N–H and O–H groups in total. The minimum atomic E-state index is -1.53. The second kappa shape index (κ2) is 5.23. The fourth-order valence-corrected chi connectivity index (χ4v) is 7.06. The maximum atomic E-state index is 2.45. The van der Waals surface area contributed by atoms with Gasteiger partial charge < -0.3 is 0 Å². The molecule has 1 aliphatic heterocycles. The van der Waals surface area contributed by atoms with Crippen LogP contribution in [0.1, 0.15) is 11.1 Å². The third-order valence-corrected chi connectivity index (χ3v) is 8.59. The molecule has 1 heteroatoms. The molecule has 0 saturated carbocycles. The largest absolute Gasteiger partial charge is 0.112 e. The Morgan fingerprint density at radius 3 is 1.95 bits per heavy atom.